The number of nitrogens with one attached hydrogen (secondary N) is 4. The van der Waals surface area contributed by atoms with E-state index in [1.165, 1.54) is 0 Å². The molecule has 2 aromatic rings. The molecular formula is C23H33N5O5. The van der Waals surface area contributed by atoms with Gasteiger partial charge in [-0.1, -0.05) is 45.9 Å². The summed E-state index contributed by atoms with van der Waals surface area (Å²) in [6.45, 7) is 6.45. The number of fused-ring (bicyclic) bond motifs is 1. The van der Waals surface area contributed by atoms with Crippen LogP contribution >= 0.6 is 0 Å². The first-order chi connectivity index (χ1) is 15.5. The molecule has 0 aliphatic heterocycles. The molecule has 33 heavy (non-hydrogen) atoms. The zero-order valence-corrected chi connectivity index (χ0v) is 19.3. The van der Waals surface area contributed by atoms with Gasteiger partial charge in [-0.05, 0) is 29.9 Å². The predicted molar refractivity (Wildman–Crippen MR) is 124 cm³/mol. The van der Waals surface area contributed by atoms with Crippen LogP contribution in [-0.4, -0.2) is 58.5 Å². The largest absolute Gasteiger partial charge is 0.480 e. The number of aromatic amines is 1. The van der Waals surface area contributed by atoms with E-state index in [1.807, 2.05) is 30.5 Å². The van der Waals surface area contributed by atoms with Crippen molar-refractivity contribution in [3.63, 3.8) is 0 Å². The highest BCUT2D eigenvalue weighted by Crippen LogP contribution is 2.18. The summed E-state index contributed by atoms with van der Waals surface area (Å²) >= 11 is 0. The Balaban J connectivity index is 1.94. The summed E-state index contributed by atoms with van der Waals surface area (Å²) in [7, 11) is 0. The Kier molecular flexibility index (Phi) is 8.98. The number of hydrogen-bond acceptors (Lipinski definition) is 5. The maximum Gasteiger partial charge on any atom is 0.326 e. The highest BCUT2D eigenvalue weighted by atomic mass is 16.4. The van der Waals surface area contributed by atoms with Crippen LogP contribution < -0.4 is 21.7 Å². The molecule has 0 saturated carbocycles. The van der Waals surface area contributed by atoms with E-state index in [-0.39, 0.29) is 18.3 Å². The van der Waals surface area contributed by atoms with E-state index < -0.39 is 48.4 Å². The monoisotopic (exact) mass is 459 g/mol. The first kappa shape index (κ1) is 25.9. The predicted octanol–water partition coefficient (Wildman–Crippen LogP) is 0.520. The molecule has 180 valence electrons. The lowest BCUT2D eigenvalue weighted by atomic mass is 10.0. The molecule has 3 unspecified atom stereocenters. The normalized spacial score (nSPS) is 14.0. The van der Waals surface area contributed by atoms with Gasteiger partial charge in [0.2, 0.25) is 17.7 Å². The summed E-state index contributed by atoms with van der Waals surface area (Å²) in [5, 5.41) is 17.6. The SMILES string of the molecule is CC(C)C(NC(=O)CNC(=O)C(NC(=O)C(N)Cc1c[nH]c2ccccc12)C(C)C)C(=O)O. The van der Waals surface area contributed by atoms with Crippen LogP contribution in [0.3, 0.4) is 0 Å². The highest BCUT2D eigenvalue weighted by Gasteiger charge is 2.28. The second kappa shape index (κ2) is 11.5. The minimum absolute atomic E-state index is 0.264. The van der Waals surface area contributed by atoms with E-state index in [1.54, 1.807) is 27.7 Å². The maximum atomic E-state index is 12.7. The molecule has 1 heterocycles. The van der Waals surface area contributed by atoms with Crippen LogP contribution in [0.4, 0.5) is 0 Å². The molecule has 7 N–H and O–H groups in total. The maximum absolute atomic E-state index is 12.7. The number of carboxylic acids is 1. The van der Waals surface area contributed by atoms with Gasteiger partial charge in [-0.25, -0.2) is 4.79 Å². The number of H-pyrrole nitrogens is 1. The number of carbonyl (C=O) groups is 4. The van der Waals surface area contributed by atoms with Crippen molar-refractivity contribution in [2.45, 2.75) is 52.2 Å². The molecule has 0 aliphatic rings. The number of carboxylic acid groups (broad SMARTS) is 1. The molecule has 1 aromatic carbocycles. The molecular weight excluding hydrogens is 426 g/mol. The third-order valence-corrected chi connectivity index (χ3v) is 5.37. The molecule has 1 aromatic heterocycles. The van der Waals surface area contributed by atoms with E-state index in [0.29, 0.717) is 0 Å². The van der Waals surface area contributed by atoms with Crippen LogP contribution in [0.5, 0.6) is 0 Å². The summed E-state index contributed by atoms with van der Waals surface area (Å²) in [5.41, 5.74) is 7.95. The average Bonchev–Trinajstić information content (AvgIpc) is 3.16. The van der Waals surface area contributed by atoms with Gasteiger partial charge in [-0.2, -0.15) is 0 Å². The van der Waals surface area contributed by atoms with Gasteiger partial charge >= 0.3 is 5.97 Å². The standard InChI is InChI=1S/C23H33N5O5/c1-12(2)19(22(31)26-11-18(29)27-20(13(3)4)23(32)33)28-21(30)16(24)9-14-10-25-17-8-6-5-7-15(14)17/h5-8,10,12-13,16,19-20,25H,9,11,24H2,1-4H3,(H,26,31)(H,27,29)(H,28,30)(H,32,33). The van der Waals surface area contributed by atoms with Gasteiger partial charge in [0.15, 0.2) is 0 Å². The Morgan fingerprint density at radius 2 is 1.61 bits per heavy atom. The van der Waals surface area contributed by atoms with Gasteiger partial charge in [0.25, 0.3) is 0 Å². The third-order valence-electron chi connectivity index (χ3n) is 5.37. The number of hydrogen-bond donors (Lipinski definition) is 6. The van der Waals surface area contributed by atoms with Gasteiger partial charge < -0.3 is 31.8 Å². The molecule has 0 bridgehead atoms. The summed E-state index contributed by atoms with van der Waals surface area (Å²) in [6, 6.07) is 4.85. The number of para-hydroxylation sites is 1. The number of benzene rings is 1. The van der Waals surface area contributed by atoms with Crippen molar-refractivity contribution in [3.05, 3.63) is 36.0 Å². The van der Waals surface area contributed by atoms with Crippen LogP contribution in [0.15, 0.2) is 30.5 Å². The first-order valence-corrected chi connectivity index (χ1v) is 10.9. The Morgan fingerprint density at radius 1 is 0.970 bits per heavy atom. The van der Waals surface area contributed by atoms with E-state index in [2.05, 4.69) is 20.9 Å². The van der Waals surface area contributed by atoms with Gasteiger partial charge in [-0.15, -0.1) is 0 Å². The van der Waals surface area contributed by atoms with Crippen molar-refractivity contribution in [1.29, 1.82) is 0 Å². The molecule has 10 nitrogen and oxygen atoms in total. The fourth-order valence-electron chi connectivity index (χ4n) is 3.44. The van der Waals surface area contributed by atoms with E-state index in [9.17, 15) is 19.2 Å². The Morgan fingerprint density at radius 3 is 2.21 bits per heavy atom. The molecule has 3 amide bonds. The summed E-state index contributed by atoms with van der Waals surface area (Å²) in [5.74, 6) is -3.40. The van der Waals surface area contributed by atoms with Crippen molar-refractivity contribution in [3.8, 4) is 0 Å². The van der Waals surface area contributed by atoms with Gasteiger partial charge in [0, 0.05) is 17.1 Å². The number of nitrogens with two attached hydrogens (primary N) is 1. The van der Waals surface area contributed by atoms with Crippen LogP contribution in [0.25, 0.3) is 10.9 Å². The molecule has 2 rings (SSSR count). The molecule has 0 saturated heterocycles. The zero-order chi connectivity index (χ0) is 24.7. The molecule has 0 radical (unpaired) electrons. The highest BCUT2D eigenvalue weighted by molar-refractivity contribution is 5.93. The van der Waals surface area contributed by atoms with Crippen molar-refractivity contribution < 1.29 is 24.3 Å². The van der Waals surface area contributed by atoms with Crippen molar-refractivity contribution in [2.24, 2.45) is 17.6 Å². The fourth-order valence-corrected chi connectivity index (χ4v) is 3.44. The van der Waals surface area contributed by atoms with Crippen molar-refractivity contribution in [1.82, 2.24) is 20.9 Å². The lowest BCUT2D eigenvalue weighted by molar-refractivity contribution is -0.143. The summed E-state index contributed by atoms with van der Waals surface area (Å²) in [6.07, 6.45) is 2.10. The second-order valence-electron chi connectivity index (χ2n) is 8.75. The quantitative estimate of drug-likeness (QED) is 0.286. The smallest absolute Gasteiger partial charge is 0.326 e. The summed E-state index contributed by atoms with van der Waals surface area (Å²) in [4.78, 5) is 51.7. The molecule has 0 aliphatic carbocycles. The van der Waals surface area contributed by atoms with Crippen molar-refractivity contribution >= 4 is 34.6 Å². The number of rotatable bonds is 11. The van der Waals surface area contributed by atoms with Crippen molar-refractivity contribution in [2.75, 3.05) is 6.54 Å². The fraction of sp³-hybridized carbons (Fsp3) is 0.478. The average molecular weight is 460 g/mol. The minimum atomic E-state index is -1.15. The summed E-state index contributed by atoms with van der Waals surface area (Å²) < 4.78 is 0. The number of amides is 3. The van der Waals surface area contributed by atoms with Crippen LogP contribution in [0, 0.1) is 11.8 Å². The molecule has 3 atom stereocenters. The van der Waals surface area contributed by atoms with E-state index in [0.717, 1.165) is 16.5 Å². The van der Waals surface area contributed by atoms with Crippen LogP contribution in [-0.2, 0) is 25.6 Å². The zero-order valence-electron chi connectivity index (χ0n) is 19.3. The van der Waals surface area contributed by atoms with E-state index in [4.69, 9.17) is 10.8 Å². The van der Waals surface area contributed by atoms with Gasteiger partial charge in [-0.3, -0.25) is 14.4 Å². The number of carbonyl (C=O) groups excluding carboxylic acids is 3. The molecule has 10 heteroatoms. The Hall–Kier alpha value is -3.40. The second-order valence-corrected chi connectivity index (χ2v) is 8.75. The van der Waals surface area contributed by atoms with Crippen LogP contribution in [0.1, 0.15) is 33.3 Å². The van der Waals surface area contributed by atoms with Crippen LogP contribution in [0.2, 0.25) is 0 Å². The lowest BCUT2D eigenvalue weighted by Crippen LogP contribution is -2.55. The first-order valence-electron chi connectivity index (χ1n) is 10.9. The lowest BCUT2D eigenvalue weighted by Gasteiger charge is -2.24. The minimum Gasteiger partial charge on any atom is -0.480 e. The van der Waals surface area contributed by atoms with Gasteiger partial charge in [0.05, 0.1) is 12.6 Å². The number of aromatic nitrogens is 1. The Labute approximate surface area is 192 Å². The number of aliphatic carboxylic acids is 1. The molecule has 0 spiro atoms. The van der Waals surface area contributed by atoms with Gasteiger partial charge in [0.1, 0.15) is 12.1 Å². The Bertz CT molecular complexity index is 1000. The topological polar surface area (TPSA) is 166 Å². The molecule has 0 fully saturated rings. The van der Waals surface area contributed by atoms with E-state index >= 15 is 0 Å². The third kappa shape index (κ3) is 7.04.